The zero-order chi connectivity index (χ0) is 21.5. The second-order valence-electron chi connectivity index (χ2n) is 7.80. The molecule has 2 N–H and O–H groups in total. The minimum Gasteiger partial charge on any atom is -0.444 e. The zero-order valence-corrected chi connectivity index (χ0v) is 21.0. The fraction of sp³-hybridized carbons (Fsp3) is 0.375. The Labute approximate surface area is 206 Å². The molecule has 0 saturated carbocycles. The molecule has 1 aliphatic heterocycles. The molecule has 7 nitrogen and oxygen atoms in total. The van der Waals surface area contributed by atoms with E-state index in [4.69, 9.17) is 9.41 Å². The molecule has 1 saturated heterocycles. The van der Waals surface area contributed by atoms with Gasteiger partial charge in [0.05, 0.1) is 6.54 Å². The van der Waals surface area contributed by atoms with Crippen LogP contribution in [-0.2, 0) is 6.54 Å². The van der Waals surface area contributed by atoms with Crippen molar-refractivity contribution in [3.05, 3.63) is 66.2 Å². The van der Waals surface area contributed by atoms with Crippen molar-refractivity contribution in [2.75, 3.05) is 24.5 Å². The van der Waals surface area contributed by atoms with Gasteiger partial charge in [0.15, 0.2) is 5.96 Å². The third kappa shape index (κ3) is 6.44. The van der Waals surface area contributed by atoms with E-state index in [1.54, 1.807) is 6.26 Å². The topological polar surface area (TPSA) is 78.6 Å². The van der Waals surface area contributed by atoms with Gasteiger partial charge in [-0.1, -0.05) is 23.8 Å². The fourth-order valence-electron chi connectivity index (χ4n) is 3.68. The Bertz CT molecular complexity index is 981. The number of hydrogen-bond donors (Lipinski definition) is 2. The highest BCUT2D eigenvalue weighted by Crippen LogP contribution is 2.20. The molecule has 1 aromatic carbocycles. The number of piperidine rings is 1. The van der Waals surface area contributed by atoms with Crippen molar-refractivity contribution in [1.29, 1.82) is 0 Å². The van der Waals surface area contributed by atoms with E-state index < -0.39 is 0 Å². The molecule has 0 amide bonds. The van der Waals surface area contributed by atoms with Gasteiger partial charge in [0, 0.05) is 37.4 Å². The summed E-state index contributed by atoms with van der Waals surface area (Å²) in [6, 6.07) is 14.6. The fourth-order valence-corrected chi connectivity index (χ4v) is 3.68. The summed E-state index contributed by atoms with van der Waals surface area (Å²) in [5, 5.41) is 6.92. The number of halogens is 1. The third-order valence-electron chi connectivity index (χ3n) is 5.40. The standard InChI is InChI=1S/C24H30N6O.HI/c1-3-25-24(29-20-11-14-30(15-12-20)22-6-4-5-13-26-22)27-16-21-17-31-23(28-21)19-9-7-18(2)8-10-19;/h4-10,13,17,20H,3,11-12,14-16H2,1-2H3,(H2,25,27,29);1H. The van der Waals surface area contributed by atoms with Crippen LogP contribution in [0, 0.1) is 6.92 Å². The van der Waals surface area contributed by atoms with Crippen LogP contribution in [0.4, 0.5) is 5.82 Å². The molecule has 8 heteroatoms. The van der Waals surface area contributed by atoms with Crippen LogP contribution in [-0.4, -0.2) is 41.6 Å². The van der Waals surface area contributed by atoms with Gasteiger partial charge in [-0.15, -0.1) is 24.0 Å². The summed E-state index contributed by atoms with van der Waals surface area (Å²) < 4.78 is 5.65. The van der Waals surface area contributed by atoms with Crippen molar-refractivity contribution in [2.45, 2.75) is 39.3 Å². The lowest BCUT2D eigenvalue weighted by atomic mass is 10.1. The lowest BCUT2D eigenvalue weighted by molar-refractivity contribution is 0.459. The normalized spacial score (nSPS) is 14.7. The van der Waals surface area contributed by atoms with Crippen molar-refractivity contribution in [2.24, 2.45) is 4.99 Å². The van der Waals surface area contributed by atoms with E-state index in [0.717, 1.165) is 55.5 Å². The third-order valence-corrected chi connectivity index (χ3v) is 5.40. The minimum atomic E-state index is 0. The number of nitrogens with one attached hydrogen (secondary N) is 2. The van der Waals surface area contributed by atoms with Crippen LogP contribution in [0.3, 0.4) is 0 Å². The molecule has 3 aromatic rings. The van der Waals surface area contributed by atoms with Gasteiger partial charge in [-0.05, 0) is 51.0 Å². The Morgan fingerprint density at radius 3 is 2.62 bits per heavy atom. The average Bonchev–Trinajstić information content (AvgIpc) is 3.28. The van der Waals surface area contributed by atoms with Crippen LogP contribution in [0.5, 0.6) is 0 Å². The molecule has 0 aliphatic carbocycles. The van der Waals surface area contributed by atoms with Gasteiger partial charge >= 0.3 is 0 Å². The highest BCUT2D eigenvalue weighted by atomic mass is 127. The second-order valence-corrected chi connectivity index (χ2v) is 7.80. The largest absolute Gasteiger partial charge is 0.444 e. The molecule has 1 aliphatic rings. The molecule has 3 heterocycles. The van der Waals surface area contributed by atoms with Gasteiger partial charge in [0.1, 0.15) is 17.8 Å². The lowest BCUT2D eigenvalue weighted by Gasteiger charge is -2.33. The average molecular weight is 546 g/mol. The monoisotopic (exact) mass is 546 g/mol. The van der Waals surface area contributed by atoms with E-state index in [2.05, 4.69) is 57.5 Å². The number of anilines is 1. The summed E-state index contributed by atoms with van der Waals surface area (Å²) in [7, 11) is 0. The first-order valence-corrected chi connectivity index (χ1v) is 10.9. The quantitative estimate of drug-likeness (QED) is 0.272. The van der Waals surface area contributed by atoms with Crippen molar-refractivity contribution >= 4 is 35.8 Å². The Morgan fingerprint density at radius 2 is 1.94 bits per heavy atom. The number of nitrogens with zero attached hydrogens (tertiary/aromatic N) is 4. The van der Waals surface area contributed by atoms with E-state index in [9.17, 15) is 0 Å². The van der Waals surface area contributed by atoms with Crippen molar-refractivity contribution in [3.8, 4) is 11.5 Å². The summed E-state index contributed by atoms with van der Waals surface area (Å²) in [5.74, 6) is 2.50. The van der Waals surface area contributed by atoms with E-state index in [1.165, 1.54) is 5.56 Å². The Morgan fingerprint density at radius 1 is 1.16 bits per heavy atom. The van der Waals surface area contributed by atoms with Crippen LogP contribution >= 0.6 is 24.0 Å². The molecule has 0 atom stereocenters. The molecule has 0 bridgehead atoms. The molecule has 170 valence electrons. The minimum absolute atomic E-state index is 0. The molecule has 0 radical (unpaired) electrons. The van der Waals surface area contributed by atoms with E-state index >= 15 is 0 Å². The SMILES string of the molecule is CCNC(=NCc1coc(-c2ccc(C)cc2)n1)NC1CCN(c2ccccn2)CC1.I. The van der Waals surface area contributed by atoms with Gasteiger partial charge in [0.25, 0.3) is 0 Å². The maximum atomic E-state index is 5.65. The molecule has 0 spiro atoms. The maximum Gasteiger partial charge on any atom is 0.226 e. The number of hydrogen-bond acceptors (Lipinski definition) is 5. The number of aryl methyl sites for hydroxylation is 1. The van der Waals surface area contributed by atoms with Gasteiger partial charge in [-0.25, -0.2) is 15.0 Å². The predicted molar refractivity (Wildman–Crippen MR) is 140 cm³/mol. The molecular weight excluding hydrogens is 515 g/mol. The number of oxazole rings is 1. The number of aliphatic imine (C=N–C) groups is 1. The molecule has 4 rings (SSSR count). The molecule has 0 unspecified atom stereocenters. The van der Waals surface area contributed by atoms with E-state index in [1.807, 2.05) is 30.5 Å². The summed E-state index contributed by atoms with van der Waals surface area (Å²) >= 11 is 0. The first kappa shape index (κ1) is 24.0. The van der Waals surface area contributed by atoms with E-state index in [-0.39, 0.29) is 24.0 Å². The van der Waals surface area contributed by atoms with Crippen LogP contribution in [0.2, 0.25) is 0 Å². The first-order chi connectivity index (χ1) is 15.2. The Kier molecular flexibility index (Phi) is 8.90. The predicted octanol–water partition coefficient (Wildman–Crippen LogP) is 4.39. The first-order valence-electron chi connectivity index (χ1n) is 10.9. The smallest absolute Gasteiger partial charge is 0.226 e. The summed E-state index contributed by atoms with van der Waals surface area (Å²) in [6.07, 6.45) is 5.63. The highest BCUT2D eigenvalue weighted by Gasteiger charge is 2.20. The number of benzene rings is 1. The highest BCUT2D eigenvalue weighted by molar-refractivity contribution is 14.0. The van der Waals surface area contributed by atoms with Crippen LogP contribution in [0.15, 0.2) is 64.3 Å². The second kappa shape index (κ2) is 11.8. The summed E-state index contributed by atoms with van der Waals surface area (Å²) in [4.78, 5) is 16.1. The zero-order valence-electron chi connectivity index (χ0n) is 18.6. The maximum absolute atomic E-state index is 5.65. The van der Waals surface area contributed by atoms with Crippen molar-refractivity contribution in [1.82, 2.24) is 20.6 Å². The van der Waals surface area contributed by atoms with Gasteiger partial charge < -0.3 is 20.0 Å². The molecule has 32 heavy (non-hydrogen) atoms. The molecular formula is C24H31IN6O. The lowest BCUT2D eigenvalue weighted by Crippen LogP contribution is -2.48. The number of pyridine rings is 1. The molecule has 2 aromatic heterocycles. The Hall–Kier alpha value is -2.62. The van der Waals surface area contributed by atoms with E-state index in [0.29, 0.717) is 18.5 Å². The van der Waals surface area contributed by atoms with Gasteiger partial charge in [-0.3, -0.25) is 0 Å². The van der Waals surface area contributed by atoms with Crippen LogP contribution < -0.4 is 15.5 Å². The van der Waals surface area contributed by atoms with Crippen LogP contribution in [0.25, 0.3) is 11.5 Å². The summed E-state index contributed by atoms with van der Waals surface area (Å²) in [5.41, 5.74) is 3.01. The van der Waals surface area contributed by atoms with Crippen molar-refractivity contribution < 1.29 is 4.42 Å². The van der Waals surface area contributed by atoms with Gasteiger partial charge in [0.2, 0.25) is 5.89 Å². The number of rotatable bonds is 6. The van der Waals surface area contributed by atoms with Crippen LogP contribution in [0.1, 0.15) is 31.0 Å². The summed E-state index contributed by atoms with van der Waals surface area (Å²) in [6.45, 7) is 7.39. The number of guanidine groups is 1. The molecule has 1 fully saturated rings. The number of aromatic nitrogens is 2. The van der Waals surface area contributed by atoms with Gasteiger partial charge in [-0.2, -0.15) is 0 Å². The van der Waals surface area contributed by atoms with Crippen molar-refractivity contribution in [3.63, 3.8) is 0 Å². The Balaban J connectivity index is 0.00000289.